The van der Waals surface area contributed by atoms with E-state index in [0.717, 1.165) is 16.8 Å². The summed E-state index contributed by atoms with van der Waals surface area (Å²) in [7, 11) is 1.94. The number of hydrogen-bond acceptors (Lipinski definition) is 2. The first-order valence-electron chi connectivity index (χ1n) is 11.1. The molecule has 5 nitrogen and oxygen atoms in total. The van der Waals surface area contributed by atoms with Gasteiger partial charge in [-0.3, -0.25) is 4.79 Å². The fourth-order valence-corrected chi connectivity index (χ4v) is 4.36. The zero-order valence-electron chi connectivity index (χ0n) is 18.9. The molecule has 35 heavy (non-hydrogen) atoms. The molecule has 0 radical (unpaired) electrons. The number of amides is 1. The first kappa shape index (κ1) is 23.0. The Balaban J connectivity index is 1.59. The molecule has 0 aliphatic carbocycles. The summed E-state index contributed by atoms with van der Waals surface area (Å²) < 4.78 is 3.56. The van der Waals surface area contributed by atoms with E-state index >= 15 is 0 Å². The number of hydrogen-bond donors (Lipinski definition) is 1. The van der Waals surface area contributed by atoms with Crippen LogP contribution in [0.15, 0.2) is 103 Å². The topological polar surface area (TPSA) is 51.9 Å². The Morgan fingerprint density at radius 3 is 2.06 bits per heavy atom. The van der Waals surface area contributed by atoms with E-state index in [1.807, 2.05) is 90.6 Å². The molecule has 7 heteroatoms. The van der Waals surface area contributed by atoms with Crippen LogP contribution in [-0.4, -0.2) is 20.3 Å². The van der Waals surface area contributed by atoms with Crippen molar-refractivity contribution < 1.29 is 4.79 Å². The van der Waals surface area contributed by atoms with Gasteiger partial charge in [-0.1, -0.05) is 83.9 Å². The van der Waals surface area contributed by atoms with Gasteiger partial charge < -0.3 is 9.88 Å². The lowest BCUT2D eigenvalue weighted by Gasteiger charge is -2.20. The largest absolute Gasteiger partial charge is 0.349 e. The zero-order valence-corrected chi connectivity index (χ0v) is 20.4. The van der Waals surface area contributed by atoms with Gasteiger partial charge in [-0.05, 0) is 47.5 Å². The smallest absolute Gasteiger partial charge is 0.270 e. The Kier molecular flexibility index (Phi) is 6.45. The van der Waals surface area contributed by atoms with Crippen LogP contribution in [0.3, 0.4) is 0 Å². The maximum absolute atomic E-state index is 13.8. The van der Waals surface area contributed by atoms with Crippen molar-refractivity contribution in [1.82, 2.24) is 19.7 Å². The number of aryl methyl sites for hydroxylation is 1. The number of halogens is 2. The summed E-state index contributed by atoms with van der Waals surface area (Å²) in [5.41, 5.74) is 4.55. The van der Waals surface area contributed by atoms with Crippen LogP contribution in [0.25, 0.3) is 17.1 Å². The van der Waals surface area contributed by atoms with Crippen LogP contribution >= 0.6 is 23.2 Å². The third-order valence-electron chi connectivity index (χ3n) is 5.84. The minimum absolute atomic E-state index is 0.262. The van der Waals surface area contributed by atoms with Crippen molar-refractivity contribution in [3.63, 3.8) is 0 Å². The zero-order chi connectivity index (χ0) is 24.4. The second-order valence-electron chi connectivity index (χ2n) is 8.16. The Morgan fingerprint density at radius 1 is 0.829 bits per heavy atom. The van der Waals surface area contributed by atoms with E-state index < -0.39 is 0 Å². The highest BCUT2D eigenvalue weighted by atomic mass is 35.5. The van der Waals surface area contributed by atoms with Crippen molar-refractivity contribution in [2.24, 2.45) is 7.05 Å². The van der Waals surface area contributed by atoms with Gasteiger partial charge in [-0.15, -0.1) is 0 Å². The molecule has 0 aliphatic heterocycles. The van der Waals surface area contributed by atoms with E-state index in [0.29, 0.717) is 27.1 Å². The summed E-state index contributed by atoms with van der Waals surface area (Å²) in [5.74, 6) is -0.262. The summed E-state index contributed by atoms with van der Waals surface area (Å²) in [4.78, 5) is 13.8. The second kappa shape index (κ2) is 9.82. The van der Waals surface area contributed by atoms with Gasteiger partial charge in [-0.25, -0.2) is 4.68 Å². The van der Waals surface area contributed by atoms with Crippen molar-refractivity contribution in [3.05, 3.63) is 130 Å². The minimum atomic E-state index is -0.333. The van der Waals surface area contributed by atoms with Gasteiger partial charge >= 0.3 is 0 Å². The number of rotatable bonds is 6. The lowest BCUT2D eigenvalue weighted by Crippen LogP contribution is -2.31. The fraction of sp³-hybridized carbons (Fsp3) is 0.0714. The Bertz CT molecular complexity index is 1440. The molecule has 2 aromatic heterocycles. The van der Waals surface area contributed by atoms with Crippen LogP contribution in [0.5, 0.6) is 0 Å². The molecule has 0 fully saturated rings. The number of aromatic nitrogens is 3. The van der Waals surface area contributed by atoms with Crippen LogP contribution in [0.4, 0.5) is 0 Å². The van der Waals surface area contributed by atoms with E-state index in [4.69, 9.17) is 28.3 Å². The van der Waals surface area contributed by atoms with Crippen LogP contribution in [0, 0.1) is 0 Å². The molecule has 2 heterocycles. The van der Waals surface area contributed by atoms with Crippen LogP contribution in [0.1, 0.15) is 27.7 Å². The van der Waals surface area contributed by atoms with Gasteiger partial charge in [-0.2, -0.15) is 5.10 Å². The lowest BCUT2D eigenvalue weighted by molar-refractivity contribution is 0.0935. The van der Waals surface area contributed by atoms with Crippen molar-refractivity contribution >= 4 is 29.1 Å². The number of benzene rings is 3. The summed E-state index contributed by atoms with van der Waals surface area (Å²) in [5, 5.41) is 8.79. The van der Waals surface area contributed by atoms with E-state index in [2.05, 4.69) is 5.32 Å². The van der Waals surface area contributed by atoms with E-state index in [1.165, 1.54) is 0 Å². The lowest BCUT2D eigenvalue weighted by atomic mass is 9.98. The minimum Gasteiger partial charge on any atom is -0.349 e. The molecule has 5 aromatic rings. The molecule has 0 spiro atoms. The molecule has 0 atom stereocenters. The van der Waals surface area contributed by atoms with Gasteiger partial charge in [0.2, 0.25) is 0 Å². The molecular formula is C28H22Cl2N4O. The molecule has 3 aromatic carbocycles. The molecular weight excluding hydrogens is 479 g/mol. The van der Waals surface area contributed by atoms with Crippen molar-refractivity contribution in [2.45, 2.75) is 6.04 Å². The van der Waals surface area contributed by atoms with Crippen LogP contribution in [0.2, 0.25) is 10.0 Å². The summed E-state index contributed by atoms with van der Waals surface area (Å²) in [6.45, 7) is 0. The third kappa shape index (κ3) is 4.74. The Hall–Kier alpha value is -3.80. The predicted molar refractivity (Wildman–Crippen MR) is 140 cm³/mol. The molecule has 1 N–H and O–H groups in total. The highest BCUT2D eigenvalue weighted by Gasteiger charge is 2.23. The van der Waals surface area contributed by atoms with Gasteiger partial charge in [0, 0.05) is 13.2 Å². The van der Waals surface area contributed by atoms with Crippen molar-refractivity contribution in [1.29, 1.82) is 0 Å². The van der Waals surface area contributed by atoms with Gasteiger partial charge in [0.25, 0.3) is 5.91 Å². The average Bonchev–Trinajstić information content (AvgIpc) is 3.51. The predicted octanol–water partition coefficient (Wildman–Crippen LogP) is 6.70. The molecule has 0 saturated carbocycles. The standard InChI is InChI=1S/C28H22Cl2N4O/c1-33-16-8-13-25(33)24-18-26(34(32-24)21-14-15-22(29)23(30)17-21)28(35)31-27(19-9-4-2-5-10-19)20-11-6-3-7-12-20/h2-18,27H,1H3,(H,31,35). The summed E-state index contributed by atoms with van der Waals surface area (Å²) >= 11 is 12.4. The van der Waals surface area contributed by atoms with Gasteiger partial charge in [0.05, 0.1) is 27.5 Å². The highest BCUT2D eigenvalue weighted by Crippen LogP contribution is 2.28. The van der Waals surface area contributed by atoms with Gasteiger partial charge in [0.15, 0.2) is 0 Å². The van der Waals surface area contributed by atoms with Gasteiger partial charge in [0.1, 0.15) is 11.4 Å². The monoisotopic (exact) mass is 500 g/mol. The molecule has 5 rings (SSSR count). The molecule has 0 saturated heterocycles. The molecule has 0 unspecified atom stereocenters. The first-order valence-corrected chi connectivity index (χ1v) is 11.8. The summed E-state index contributed by atoms with van der Waals surface area (Å²) in [6, 6.07) is 30.3. The summed E-state index contributed by atoms with van der Waals surface area (Å²) in [6.07, 6.45) is 1.94. The normalized spacial score (nSPS) is 11.1. The maximum atomic E-state index is 13.8. The number of nitrogens with one attached hydrogen (secondary N) is 1. The SMILES string of the molecule is Cn1cccc1-c1cc(C(=O)NC(c2ccccc2)c2ccccc2)n(-c2ccc(Cl)c(Cl)c2)n1. The Morgan fingerprint density at radius 2 is 1.49 bits per heavy atom. The van der Waals surface area contributed by atoms with Crippen LogP contribution < -0.4 is 5.32 Å². The van der Waals surface area contributed by atoms with Crippen molar-refractivity contribution in [2.75, 3.05) is 0 Å². The van der Waals surface area contributed by atoms with E-state index in [9.17, 15) is 4.79 Å². The number of carbonyl (C=O) groups excluding carboxylic acids is 1. The molecule has 174 valence electrons. The van der Waals surface area contributed by atoms with E-state index in [1.54, 1.807) is 28.9 Å². The third-order valence-corrected chi connectivity index (χ3v) is 6.58. The Labute approximate surface area is 213 Å². The maximum Gasteiger partial charge on any atom is 0.270 e. The second-order valence-corrected chi connectivity index (χ2v) is 8.97. The van der Waals surface area contributed by atoms with Crippen molar-refractivity contribution in [3.8, 4) is 17.1 Å². The molecule has 0 aliphatic rings. The van der Waals surface area contributed by atoms with E-state index in [-0.39, 0.29) is 11.9 Å². The number of nitrogens with zero attached hydrogens (tertiary/aromatic N) is 3. The molecule has 0 bridgehead atoms. The number of carbonyl (C=O) groups is 1. The average molecular weight is 501 g/mol. The highest BCUT2D eigenvalue weighted by molar-refractivity contribution is 6.42. The first-order chi connectivity index (χ1) is 17.0. The fourth-order valence-electron chi connectivity index (χ4n) is 4.06. The quantitative estimate of drug-likeness (QED) is 0.281. The molecule has 1 amide bonds. The van der Waals surface area contributed by atoms with Crippen LogP contribution in [-0.2, 0) is 7.05 Å².